The molecule has 2 aromatic carbocycles. The van der Waals surface area contributed by atoms with Crippen LogP contribution in [0.4, 0.5) is 5.95 Å². The van der Waals surface area contributed by atoms with Gasteiger partial charge in [0.2, 0.25) is 18.0 Å². The first-order valence-corrected chi connectivity index (χ1v) is 8.54. The molecule has 1 aliphatic rings. The number of hydrogen-bond donors (Lipinski definition) is 3. The fraction of sp³-hybridized carbons (Fsp3) is 0.211. The van der Waals surface area contributed by atoms with Crippen molar-refractivity contribution < 1.29 is 19.1 Å². The number of nitrogens with zero attached hydrogens (tertiary/aromatic N) is 1. The van der Waals surface area contributed by atoms with Crippen LogP contribution in [0.3, 0.4) is 0 Å². The van der Waals surface area contributed by atoms with E-state index in [4.69, 9.17) is 9.47 Å². The van der Waals surface area contributed by atoms with E-state index in [1.54, 1.807) is 25.1 Å². The number of aromatic amines is 1. The summed E-state index contributed by atoms with van der Waals surface area (Å²) in [6, 6.07) is 13.8. The molecule has 0 spiro atoms. The minimum atomic E-state index is -0.818. The number of para-hydroxylation sites is 4. The number of carbonyl (C=O) groups excluding carboxylic acids is 2. The molecule has 2 heterocycles. The molecule has 3 aromatic rings. The smallest absolute Gasteiger partial charge is 0.265 e. The van der Waals surface area contributed by atoms with E-state index < -0.39 is 18.1 Å². The summed E-state index contributed by atoms with van der Waals surface area (Å²) >= 11 is 0. The zero-order valence-corrected chi connectivity index (χ0v) is 14.6. The summed E-state index contributed by atoms with van der Waals surface area (Å²) in [5, 5.41) is 5.30. The standard InChI is InChI=1S/C19H18N4O4/c1-11(17(24)23-19-21-12-6-2-3-7-13(12)22-19)20-18(25)16-10-26-14-8-4-5-9-15(14)27-16/h2-9,11,16H,10H2,1H3,(H,20,25)(H2,21,22,23,24)/t11-,16-/m1/s1. The molecule has 1 aromatic heterocycles. The van der Waals surface area contributed by atoms with Crippen LogP contribution in [-0.2, 0) is 9.59 Å². The molecule has 27 heavy (non-hydrogen) atoms. The summed E-state index contributed by atoms with van der Waals surface area (Å²) in [4.78, 5) is 32.0. The molecule has 0 saturated carbocycles. The van der Waals surface area contributed by atoms with Crippen LogP contribution in [0.25, 0.3) is 11.0 Å². The third kappa shape index (κ3) is 3.55. The van der Waals surface area contributed by atoms with Crippen molar-refractivity contribution in [2.75, 3.05) is 11.9 Å². The molecule has 2 atom stereocenters. The Kier molecular flexibility index (Phi) is 4.37. The van der Waals surface area contributed by atoms with E-state index in [0.29, 0.717) is 17.4 Å². The number of nitrogens with one attached hydrogen (secondary N) is 3. The highest BCUT2D eigenvalue weighted by molar-refractivity contribution is 5.97. The lowest BCUT2D eigenvalue weighted by Crippen LogP contribution is -2.50. The lowest BCUT2D eigenvalue weighted by molar-refractivity contribution is -0.133. The normalized spacial score (nSPS) is 16.6. The van der Waals surface area contributed by atoms with Crippen molar-refractivity contribution in [2.24, 2.45) is 0 Å². The van der Waals surface area contributed by atoms with Gasteiger partial charge in [0.1, 0.15) is 12.6 Å². The predicted octanol–water partition coefficient (Wildman–Crippen LogP) is 1.85. The third-order valence-electron chi connectivity index (χ3n) is 4.18. The SMILES string of the molecule is C[C@@H](NC(=O)[C@H]1COc2ccccc2O1)C(=O)Nc1nc2ccccc2[nH]1. The zero-order valence-electron chi connectivity index (χ0n) is 14.6. The molecule has 0 bridgehead atoms. The molecule has 0 unspecified atom stereocenters. The Morgan fingerprint density at radius 2 is 1.89 bits per heavy atom. The summed E-state index contributed by atoms with van der Waals surface area (Å²) < 4.78 is 11.2. The van der Waals surface area contributed by atoms with E-state index >= 15 is 0 Å². The Bertz CT molecular complexity index is 967. The molecule has 3 N–H and O–H groups in total. The molecule has 2 amide bonds. The minimum Gasteiger partial charge on any atom is -0.485 e. The van der Waals surface area contributed by atoms with Gasteiger partial charge in [-0.15, -0.1) is 0 Å². The van der Waals surface area contributed by atoms with Crippen LogP contribution < -0.4 is 20.1 Å². The molecule has 0 radical (unpaired) electrons. The predicted molar refractivity (Wildman–Crippen MR) is 98.7 cm³/mol. The van der Waals surface area contributed by atoms with E-state index in [0.717, 1.165) is 11.0 Å². The van der Waals surface area contributed by atoms with Gasteiger partial charge < -0.3 is 19.8 Å². The molecule has 0 saturated heterocycles. The van der Waals surface area contributed by atoms with Gasteiger partial charge in [-0.25, -0.2) is 4.98 Å². The van der Waals surface area contributed by atoms with E-state index in [1.807, 2.05) is 30.3 Å². The van der Waals surface area contributed by atoms with Crippen molar-refractivity contribution in [3.05, 3.63) is 48.5 Å². The molecule has 1 aliphatic heterocycles. The molecule has 8 heteroatoms. The number of rotatable bonds is 4. The van der Waals surface area contributed by atoms with Crippen LogP contribution in [0.2, 0.25) is 0 Å². The van der Waals surface area contributed by atoms with Crippen molar-refractivity contribution in [3.63, 3.8) is 0 Å². The lowest BCUT2D eigenvalue weighted by Gasteiger charge is -2.26. The topological polar surface area (TPSA) is 105 Å². The van der Waals surface area contributed by atoms with Gasteiger partial charge in [0.05, 0.1) is 11.0 Å². The average molecular weight is 366 g/mol. The van der Waals surface area contributed by atoms with Gasteiger partial charge in [0.15, 0.2) is 11.5 Å². The summed E-state index contributed by atoms with van der Waals surface area (Å²) in [7, 11) is 0. The number of ether oxygens (including phenoxy) is 2. The van der Waals surface area contributed by atoms with Gasteiger partial charge in [-0.05, 0) is 31.2 Å². The number of amides is 2. The molecule has 8 nitrogen and oxygen atoms in total. The number of hydrogen-bond acceptors (Lipinski definition) is 5. The zero-order chi connectivity index (χ0) is 18.8. The Morgan fingerprint density at radius 1 is 1.15 bits per heavy atom. The van der Waals surface area contributed by atoms with E-state index in [2.05, 4.69) is 20.6 Å². The van der Waals surface area contributed by atoms with Crippen molar-refractivity contribution in [2.45, 2.75) is 19.1 Å². The second kappa shape index (κ2) is 6.99. The Hall–Kier alpha value is -3.55. The first kappa shape index (κ1) is 16.9. The highest BCUT2D eigenvalue weighted by atomic mass is 16.6. The number of H-pyrrole nitrogens is 1. The maximum Gasteiger partial charge on any atom is 0.265 e. The van der Waals surface area contributed by atoms with Gasteiger partial charge in [0.25, 0.3) is 5.91 Å². The van der Waals surface area contributed by atoms with Crippen LogP contribution in [-0.4, -0.2) is 40.5 Å². The largest absolute Gasteiger partial charge is 0.485 e. The highest BCUT2D eigenvalue weighted by Crippen LogP contribution is 2.30. The number of benzene rings is 2. The van der Waals surface area contributed by atoms with Crippen LogP contribution in [0.1, 0.15) is 6.92 Å². The number of imidazole rings is 1. The number of aromatic nitrogens is 2. The highest BCUT2D eigenvalue weighted by Gasteiger charge is 2.29. The second-order valence-electron chi connectivity index (χ2n) is 6.19. The molecule has 0 aliphatic carbocycles. The summed E-state index contributed by atoms with van der Waals surface area (Å²) in [5.41, 5.74) is 1.56. The van der Waals surface area contributed by atoms with Crippen LogP contribution in [0.5, 0.6) is 11.5 Å². The Labute approximate surface area is 154 Å². The lowest BCUT2D eigenvalue weighted by atomic mass is 10.2. The quantitative estimate of drug-likeness (QED) is 0.653. The number of fused-ring (bicyclic) bond motifs is 2. The maximum atomic E-state index is 12.4. The Morgan fingerprint density at radius 3 is 2.70 bits per heavy atom. The molecule has 138 valence electrons. The number of anilines is 1. The van der Waals surface area contributed by atoms with E-state index in [-0.39, 0.29) is 12.5 Å². The minimum absolute atomic E-state index is 0.0841. The molecule has 4 rings (SSSR count). The Balaban J connectivity index is 1.36. The fourth-order valence-electron chi connectivity index (χ4n) is 2.76. The maximum absolute atomic E-state index is 12.4. The van der Waals surface area contributed by atoms with Crippen molar-refractivity contribution >= 4 is 28.8 Å². The van der Waals surface area contributed by atoms with Crippen molar-refractivity contribution in [3.8, 4) is 11.5 Å². The summed E-state index contributed by atoms with van der Waals surface area (Å²) in [6.45, 7) is 1.67. The van der Waals surface area contributed by atoms with Gasteiger partial charge in [-0.3, -0.25) is 14.9 Å². The average Bonchev–Trinajstić information content (AvgIpc) is 3.09. The molecule has 0 fully saturated rings. The number of carbonyl (C=O) groups is 2. The van der Waals surface area contributed by atoms with E-state index in [1.165, 1.54) is 0 Å². The van der Waals surface area contributed by atoms with E-state index in [9.17, 15) is 9.59 Å². The first-order valence-electron chi connectivity index (χ1n) is 8.54. The summed E-state index contributed by atoms with van der Waals surface area (Å²) in [5.74, 6) is 0.616. The molecular weight excluding hydrogens is 348 g/mol. The monoisotopic (exact) mass is 366 g/mol. The van der Waals surface area contributed by atoms with Gasteiger partial charge in [-0.2, -0.15) is 0 Å². The van der Waals surface area contributed by atoms with Crippen molar-refractivity contribution in [1.29, 1.82) is 0 Å². The second-order valence-corrected chi connectivity index (χ2v) is 6.19. The summed E-state index contributed by atoms with van der Waals surface area (Å²) in [6.07, 6.45) is -0.818. The van der Waals surface area contributed by atoms with Gasteiger partial charge in [-0.1, -0.05) is 24.3 Å². The fourth-order valence-corrected chi connectivity index (χ4v) is 2.76. The molecular formula is C19H18N4O4. The van der Waals surface area contributed by atoms with Gasteiger partial charge >= 0.3 is 0 Å². The van der Waals surface area contributed by atoms with Crippen molar-refractivity contribution in [1.82, 2.24) is 15.3 Å². The van der Waals surface area contributed by atoms with Gasteiger partial charge in [0, 0.05) is 0 Å². The van der Waals surface area contributed by atoms with Crippen LogP contribution in [0.15, 0.2) is 48.5 Å². The van der Waals surface area contributed by atoms with Crippen LogP contribution >= 0.6 is 0 Å². The first-order chi connectivity index (χ1) is 13.1. The van der Waals surface area contributed by atoms with Crippen LogP contribution in [0, 0.1) is 0 Å². The third-order valence-corrected chi connectivity index (χ3v) is 4.18.